The Morgan fingerprint density at radius 1 is 1.32 bits per heavy atom. The van der Waals surface area contributed by atoms with Gasteiger partial charge in [0, 0.05) is 20.1 Å². The number of aliphatic carboxylic acids is 1. The molecule has 0 saturated heterocycles. The molecule has 0 spiro atoms. The van der Waals surface area contributed by atoms with E-state index in [0.717, 1.165) is 5.56 Å². The molecular formula is C14H20N2O3. The molecule has 1 atom stereocenters. The maximum Gasteiger partial charge on any atom is 0.312 e. The van der Waals surface area contributed by atoms with Gasteiger partial charge in [-0.3, -0.25) is 9.59 Å². The van der Waals surface area contributed by atoms with E-state index in [1.165, 1.54) is 0 Å². The van der Waals surface area contributed by atoms with Crippen molar-refractivity contribution in [2.75, 3.05) is 26.7 Å². The third kappa shape index (κ3) is 4.71. The molecule has 5 heteroatoms. The topological polar surface area (TPSA) is 69.6 Å². The number of benzene rings is 1. The van der Waals surface area contributed by atoms with Crippen LogP contribution in [-0.4, -0.2) is 48.6 Å². The molecule has 0 aliphatic carbocycles. The van der Waals surface area contributed by atoms with Crippen molar-refractivity contribution >= 4 is 11.9 Å². The summed E-state index contributed by atoms with van der Waals surface area (Å²) in [6, 6.07) is 9.01. The molecule has 0 radical (unpaired) electrons. The zero-order chi connectivity index (χ0) is 14.3. The minimum Gasteiger partial charge on any atom is -0.481 e. The molecule has 5 nitrogen and oxygen atoms in total. The van der Waals surface area contributed by atoms with E-state index < -0.39 is 11.9 Å². The normalized spacial score (nSPS) is 11.9. The van der Waals surface area contributed by atoms with Crippen LogP contribution < -0.4 is 5.32 Å². The minimum absolute atomic E-state index is 0.0419. The fourth-order valence-corrected chi connectivity index (χ4v) is 1.67. The summed E-state index contributed by atoms with van der Waals surface area (Å²) in [6.07, 6.45) is 0. The first-order chi connectivity index (χ1) is 9.06. The van der Waals surface area contributed by atoms with Crippen molar-refractivity contribution < 1.29 is 14.7 Å². The third-order valence-corrected chi connectivity index (χ3v) is 3.02. The Hall–Kier alpha value is -1.88. The standard InChI is InChI=1S/C14H20N2O3/c1-3-16(2)13(17)10-15-9-12(14(18)19)11-7-5-4-6-8-11/h4-8,12,15H,3,9-10H2,1-2H3,(H,18,19). The molecule has 104 valence electrons. The van der Waals surface area contributed by atoms with E-state index in [-0.39, 0.29) is 19.0 Å². The lowest BCUT2D eigenvalue weighted by molar-refractivity contribution is -0.139. The van der Waals surface area contributed by atoms with Crippen LogP contribution in [0, 0.1) is 0 Å². The van der Waals surface area contributed by atoms with Gasteiger partial charge in [0.15, 0.2) is 0 Å². The van der Waals surface area contributed by atoms with Gasteiger partial charge in [-0.05, 0) is 12.5 Å². The monoisotopic (exact) mass is 264 g/mol. The van der Waals surface area contributed by atoms with Gasteiger partial charge in [0.25, 0.3) is 0 Å². The van der Waals surface area contributed by atoms with Crippen LogP contribution in [0.2, 0.25) is 0 Å². The number of carboxylic acid groups (broad SMARTS) is 1. The maximum atomic E-state index is 11.6. The van der Waals surface area contributed by atoms with Crippen LogP contribution in [0.25, 0.3) is 0 Å². The summed E-state index contributed by atoms with van der Waals surface area (Å²) >= 11 is 0. The molecule has 1 aromatic carbocycles. The average molecular weight is 264 g/mol. The van der Waals surface area contributed by atoms with Gasteiger partial charge in [-0.1, -0.05) is 30.3 Å². The van der Waals surface area contributed by atoms with E-state index >= 15 is 0 Å². The van der Waals surface area contributed by atoms with E-state index in [1.807, 2.05) is 13.0 Å². The molecule has 2 N–H and O–H groups in total. The summed E-state index contributed by atoms with van der Waals surface area (Å²) in [5, 5.41) is 12.1. The van der Waals surface area contributed by atoms with E-state index in [1.54, 1.807) is 36.2 Å². The van der Waals surface area contributed by atoms with Gasteiger partial charge in [-0.15, -0.1) is 0 Å². The highest BCUT2D eigenvalue weighted by Gasteiger charge is 2.19. The predicted octanol–water partition coefficient (Wildman–Crippen LogP) is 0.923. The van der Waals surface area contributed by atoms with Crippen LogP contribution in [0.15, 0.2) is 30.3 Å². The van der Waals surface area contributed by atoms with Gasteiger partial charge in [-0.2, -0.15) is 0 Å². The van der Waals surface area contributed by atoms with E-state index in [0.29, 0.717) is 6.54 Å². The largest absolute Gasteiger partial charge is 0.481 e. The fraction of sp³-hybridized carbons (Fsp3) is 0.429. The fourth-order valence-electron chi connectivity index (χ4n) is 1.67. The summed E-state index contributed by atoms with van der Waals surface area (Å²) in [5.41, 5.74) is 0.735. The highest BCUT2D eigenvalue weighted by Crippen LogP contribution is 2.14. The van der Waals surface area contributed by atoms with Crippen molar-refractivity contribution in [3.8, 4) is 0 Å². The van der Waals surface area contributed by atoms with Crippen LogP contribution in [0.5, 0.6) is 0 Å². The third-order valence-electron chi connectivity index (χ3n) is 3.02. The second-order valence-electron chi connectivity index (χ2n) is 4.34. The highest BCUT2D eigenvalue weighted by molar-refractivity contribution is 5.78. The van der Waals surface area contributed by atoms with E-state index in [9.17, 15) is 14.7 Å². The molecule has 0 fully saturated rings. The molecule has 0 saturated carbocycles. The Balaban J connectivity index is 2.53. The molecule has 0 heterocycles. The number of nitrogens with one attached hydrogen (secondary N) is 1. The molecule has 1 aromatic rings. The first-order valence-electron chi connectivity index (χ1n) is 6.28. The molecular weight excluding hydrogens is 244 g/mol. The van der Waals surface area contributed by atoms with Crippen LogP contribution in [0.3, 0.4) is 0 Å². The number of carbonyl (C=O) groups is 2. The lowest BCUT2D eigenvalue weighted by atomic mass is 9.99. The van der Waals surface area contributed by atoms with Crippen molar-refractivity contribution in [1.82, 2.24) is 10.2 Å². The lowest BCUT2D eigenvalue weighted by Crippen LogP contribution is -2.37. The van der Waals surface area contributed by atoms with E-state index in [4.69, 9.17) is 0 Å². The Labute approximate surface area is 113 Å². The zero-order valence-corrected chi connectivity index (χ0v) is 11.3. The molecule has 0 aliphatic rings. The van der Waals surface area contributed by atoms with Gasteiger partial charge in [0.05, 0.1) is 12.5 Å². The second-order valence-corrected chi connectivity index (χ2v) is 4.34. The van der Waals surface area contributed by atoms with Gasteiger partial charge in [0.1, 0.15) is 0 Å². The number of carbonyl (C=O) groups excluding carboxylic acids is 1. The molecule has 1 unspecified atom stereocenters. The van der Waals surface area contributed by atoms with Crippen molar-refractivity contribution in [3.05, 3.63) is 35.9 Å². The maximum absolute atomic E-state index is 11.6. The van der Waals surface area contributed by atoms with Crippen LogP contribution >= 0.6 is 0 Å². The van der Waals surface area contributed by atoms with Crippen molar-refractivity contribution in [1.29, 1.82) is 0 Å². The van der Waals surface area contributed by atoms with Crippen molar-refractivity contribution in [2.24, 2.45) is 0 Å². The Morgan fingerprint density at radius 3 is 2.47 bits per heavy atom. The number of hydrogen-bond donors (Lipinski definition) is 2. The zero-order valence-electron chi connectivity index (χ0n) is 11.3. The molecule has 19 heavy (non-hydrogen) atoms. The Kier molecular flexibility index (Phi) is 6.02. The van der Waals surface area contributed by atoms with Gasteiger partial charge in [0.2, 0.25) is 5.91 Å². The summed E-state index contributed by atoms with van der Waals surface area (Å²) in [6.45, 7) is 2.92. The molecule has 0 bridgehead atoms. The smallest absolute Gasteiger partial charge is 0.312 e. The second kappa shape index (κ2) is 7.53. The van der Waals surface area contributed by atoms with Crippen LogP contribution in [0.1, 0.15) is 18.4 Å². The Bertz CT molecular complexity index is 420. The minimum atomic E-state index is -0.894. The first kappa shape index (κ1) is 15.2. The van der Waals surface area contributed by atoms with E-state index in [2.05, 4.69) is 5.32 Å². The quantitative estimate of drug-likeness (QED) is 0.768. The van der Waals surface area contributed by atoms with Gasteiger partial charge < -0.3 is 15.3 Å². The number of amides is 1. The number of likely N-dealkylation sites (N-methyl/N-ethyl adjacent to an activating group) is 1. The summed E-state index contributed by atoms with van der Waals surface area (Å²) in [7, 11) is 1.72. The van der Waals surface area contributed by atoms with Crippen LogP contribution in [0.4, 0.5) is 0 Å². The number of carboxylic acids is 1. The Morgan fingerprint density at radius 2 is 1.95 bits per heavy atom. The first-order valence-corrected chi connectivity index (χ1v) is 6.28. The molecule has 0 aliphatic heterocycles. The molecule has 1 amide bonds. The average Bonchev–Trinajstić information content (AvgIpc) is 2.42. The number of hydrogen-bond acceptors (Lipinski definition) is 3. The molecule has 0 aromatic heterocycles. The van der Waals surface area contributed by atoms with Crippen molar-refractivity contribution in [3.63, 3.8) is 0 Å². The summed E-state index contributed by atoms with van der Waals surface area (Å²) < 4.78 is 0. The van der Waals surface area contributed by atoms with Gasteiger partial charge in [-0.25, -0.2) is 0 Å². The van der Waals surface area contributed by atoms with Gasteiger partial charge >= 0.3 is 5.97 Å². The predicted molar refractivity (Wildman–Crippen MR) is 73.0 cm³/mol. The number of nitrogens with zero attached hydrogens (tertiary/aromatic N) is 1. The molecule has 1 rings (SSSR count). The van der Waals surface area contributed by atoms with Crippen molar-refractivity contribution in [2.45, 2.75) is 12.8 Å². The number of rotatable bonds is 7. The highest BCUT2D eigenvalue weighted by atomic mass is 16.4. The summed E-state index contributed by atoms with van der Waals surface area (Å²) in [5.74, 6) is -1.57. The lowest BCUT2D eigenvalue weighted by Gasteiger charge is -2.17. The van der Waals surface area contributed by atoms with Crippen LogP contribution in [-0.2, 0) is 9.59 Å². The SMILES string of the molecule is CCN(C)C(=O)CNCC(C(=O)O)c1ccccc1. The summed E-state index contributed by atoms with van der Waals surface area (Å²) in [4.78, 5) is 24.4.